The van der Waals surface area contributed by atoms with Gasteiger partial charge >= 0.3 is 0 Å². The zero-order valence-corrected chi connectivity index (χ0v) is 12.7. The second kappa shape index (κ2) is 5.50. The Morgan fingerprint density at radius 2 is 1.61 bits per heavy atom. The smallest absolute Gasteiger partial charge is 0.0166 e. The third-order valence-electron chi connectivity index (χ3n) is 5.49. The minimum absolute atomic E-state index is 0.169. The maximum absolute atomic E-state index is 6.45. The average Bonchev–Trinajstić information content (AvgIpc) is 2.74. The summed E-state index contributed by atoms with van der Waals surface area (Å²) in [5, 5.41) is 0. The molecule has 2 heteroatoms. The molecule has 18 heavy (non-hydrogen) atoms. The molecule has 0 spiro atoms. The Bertz CT molecular complexity index is 256. The molecule has 0 heterocycles. The molecule has 2 fully saturated rings. The van der Waals surface area contributed by atoms with Crippen LogP contribution in [-0.4, -0.2) is 30.1 Å². The van der Waals surface area contributed by atoms with Gasteiger partial charge < -0.3 is 10.6 Å². The van der Waals surface area contributed by atoms with Crippen LogP contribution in [0.4, 0.5) is 0 Å². The van der Waals surface area contributed by atoms with E-state index in [0.717, 1.165) is 6.04 Å². The Hall–Kier alpha value is -0.0800. The molecule has 2 saturated carbocycles. The van der Waals surface area contributed by atoms with E-state index < -0.39 is 0 Å². The first kappa shape index (κ1) is 14.3. The van der Waals surface area contributed by atoms with Crippen molar-refractivity contribution in [1.29, 1.82) is 0 Å². The Morgan fingerprint density at radius 1 is 1.06 bits per heavy atom. The quantitative estimate of drug-likeness (QED) is 0.829. The van der Waals surface area contributed by atoms with Crippen LogP contribution in [0.25, 0.3) is 0 Å². The maximum Gasteiger partial charge on any atom is 0.0166 e. The molecule has 0 amide bonds. The SMILES string of the molecule is CN(CCC1(N)CCCC1)C1CCC(C)(C)CC1. The first-order valence-corrected chi connectivity index (χ1v) is 7.89. The molecule has 0 saturated heterocycles. The Kier molecular flexibility index (Phi) is 4.38. The Balaban J connectivity index is 1.73. The first-order valence-electron chi connectivity index (χ1n) is 7.89. The summed E-state index contributed by atoms with van der Waals surface area (Å²) in [6.07, 6.45) is 11.9. The molecular weight excluding hydrogens is 220 g/mol. The lowest BCUT2D eigenvalue weighted by Gasteiger charge is -2.39. The van der Waals surface area contributed by atoms with Crippen LogP contribution in [0.2, 0.25) is 0 Å². The van der Waals surface area contributed by atoms with Gasteiger partial charge in [-0.2, -0.15) is 0 Å². The van der Waals surface area contributed by atoms with Crippen LogP contribution in [0.3, 0.4) is 0 Å². The van der Waals surface area contributed by atoms with Gasteiger partial charge in [-0.05, 0) is 64.0 Å². The van der Waals surface area contributed by atoms with Gasteiger partial charge in [0, 0.05) is 11.6 Å². The van der Waals surface area contributed by atoms with Crippen molar-refractivity contribution in [2.45, 2.75) is 83.2 Å². The molecule has 0 aromatic rings. The second-order valence-electron chi connectivity index (χ2n) is 7.70. The van der Waals surface area contributed by atoms with E-state index in [0.29, 0.717) is 5.41 Å². The molecule has 0 aromatic heterocycles. The van der Waals surface area contributed by atoms with E-state index in [1.54, 1.807) is 0 Å². The monoisotopic (exact) mass is 252 g/mol. The summed E-state index contributed by atoms with van der Waals surface area (Å²) in [6, 6.07) is 0.808. The van der Waals surface area contributed by atoms with Gasteiger partial charge in [0.2, 0.25) is 0 Å². The second-order valence-corrected chi connectivity index (χ2v) is 7.70. The van der Waals surface area contributed by atoms with Crippen molar-refractivity contribution in [2.24, 2.45) is 11.1 Å². The van der Waals surface area contributed by atoms with Crippen LogP contribution in [-0.2, 0) is 0 Å². The first-order chi connectivity index (χ1) is 8.40. The van der Waals surface area contributed by atoms with Crippen LogP contribution < -0.4 is 5.73 Å². The molecule has 2 rings (SSSR count). The summed E-state index contributed by atoms with van der Waals surface area (Å²) < 4.78 is 0. The zero-order chi connectivity index (χ0) is 13.2. The zero-order valence-electron chi connectivity index (χ0n) is 12.7. The van der Waals surface area contributed by atoms with Gasteiger partial charge in [-0.1, -0.05) is 26.7 Å². The highest BCUT2D eigenvalue weighted by atomic mass is 15.1. The summed E-state index contributed by atoms with van der Waals surface area (Å²) in [5.74, 6) is 0. The summed E-state index contributed by atoms with van der Waals surface area (Å²) in [4.78, 5) is 2.59. The van der Waals surface area contributed by atoms with E-state index in [9.17, 15) is 0 Å². The Morgan fingerprint density at radius 3 is 2.17 bits per heavy atom. The largest absolute Gasteiger partial charge is 0.325 e. The average molecular weight is 252 g/mol. The van der Waals surface area contributed by atoms with E-state index in [4.69, 9.17) is 5.73 Å². The standard InChI is InChI=1S/C16H32N2/c1-15(2)10-6-14(7-11-15)18(3)13-12-16(17)8-4-5-9-16/h14H,4-13,17H2,1-3H3. The van der Waals surface area contributed by atoms with Crippen LogP contribution in [0.1, 0.15) is 71.6 Å². The summed E-state index contributed by atoms with van der Waals surface area (Å²) in [5.41, 5.74) is 7.20. The highest BCUT2D eigenvalue weighted by Crippen LogP contribution is 2.37. The number of nitrogens with zero attached hydrogens (tertiary/aromatic N) is 1. The van der Waals surface area contributed by atoms with Crippen molar-refractivity contribution in [3.05, 3.63) is 0 Å². The van der Waals surface area contributed by atoms with E-state index in [2.05, 4.69) is 25.8 Å². The van der Waals surface area contributed by atoms with Crippen LogP contribution in [0.5, 0.6) is 0 Å². The van der Waals surface area contributed by atoms with Gasteiger partial charge in [0.05, 0.1) is 0 Å². The lowest BCUT2D eigenvalue weighted by atomic mass is 9.75. The number of hydrogen-bond acceptors (Lipinski definition) is 2. The van der Waals surface area contributed by atoms with Crippen LogP contribution in [0, 0.1) is 5.41 Å². The normalized spacial score (nSPS) is 27.8. The minimum Gasteiger partial charge on any atom is -0.325 e. The highest BCUT2D eigenvalue weighted by Gasteiger charge is 2.32. The fourth-order valence-electron chi connectivity index (χ4n) is 3.74. The topological polar surface area (TPSA) is 29.3 Å². The van der Waals surface area contributed by atoms with Crippen molar-refractivity contribution < 1.29 is 0 Å². The van der Waals surface area contributed by atoms with Crippen molar-refractivity contribution in [3.63, 3.8) is 0 Å². The van der Waals surface area contributed by atoms with Crippen LogP contribution in [0.15, 0.2) is 0 Å². The van der Waals surface area contributed by atoms with Crippen molar-refractivity contribution >= 4 is 0 Å². The molecule has 2 N–H and O–H groups in total. The van der Waals surface area contributed by atoms with Gasteiger partial charge in [-0.3, -0.25) is 0 Å². The van der Waals surface area contributed by atoms with Crippen LogP contribution >= 0.6 is 0 Å². The number of hydrogen-bond donors (Lipinski definition) is 1. The molecule has 0 bridgehead atoms. The van der Waals surface area contributed by atoms with Crippen molar-refractivity contribution in [2.75, 3.05) is 13.6 Å². The fourth-order valence-corrected chi connectivity index (χ4v) is 3.74. The van der Waals surface area contributed by atoms with E-state index in [1.807, 2.05) is 0 Å². The van der Waals surface area contributed by atoms with Gasteiger partial charge in [-0.15, -0.1) is 0 Å². The van der Waals surface area contributed by atoms with Crippen molar-refractivity contribution in [3.8, 4) is 0 Å². The van der Waals surface area contributed by atoms with E-state index in [-0.39, 0.29) is 5.54 Å². The van der Waals surface area contributed by atoms with Gasteiger partial charge in [-0.25, -0.2) is 0 Å². The molecular formula is C16H32N2. The summed E-state index contributed by atoms with van der Waals surface area (Å²) in [6.45, 7) is 6.02. The summed E-state index contributed by atoms with van der Waals surface area (Å²) >= 11 is 0. The van der Waals surface area contributed by atoms with Gasteiger partial charge in [0.25, 0.3) is 0 Å². The van der Waals surface area contributed by atoms with E-state index in [1.165, 1.54) is 64.3 Å². The molecule has 0 aromatic carbocycles. The predicted molar refractivity (Wildman–Crippen MR) is 78.7 cm³/mol. The fraction of sp³-hybridized carbons (Fsp3) is 1.00. The Labute approximate surface area is 113 Å². The predicted octanol–water partition coefficient (Wildman–Crippen LogP) is 3.55. The lowest BCUT2D eigenvalue weighted by molar-refractivity contribution is 0.120. The van der Waals surface area contributed by atoms with Gasteiger partial charge in [0.15, 0.2) is 0 Å². The molecule has 0 aliphatic heterocycles. The molecule has 0 atom stereocenters. The maximum atomic E-state index is 6.45. The molecule has 2 nitrogen and oxygen atoms in total. The number of rotatable bonds is 4. The summed E-state index contributed by atoms with van der Waals surface area (Å²) in [7, 11) is 2.31. The van der Waals surface area contributed by atoms with Gasteiger partial charge in [0.1, 0.15) is 0 Å². The molecule has 2 aliphatic rings. The number of nitrogens with two attached hydrogens (primary N) is 1. The third-order valence-corrected chi connectivity index (χ3v) is 5.49. The highest BCUT2D eigenvalue weighted by molar-refractivity contribution is 4.91. The molecule has 0 radical (unpaired) electrons. The lowest BCUT2D eigenvalue weighted by Crippen LogP contribution is -2.43. The minimum atomic E-state index is 0.169. The molecule has 106 valence electrons. The van der Waals surface area contributed by atoms with Crippen molar-refractivity contribution in [1.82, 2.24) is 4.90 Å². The third kappa shape index (κ3) is 3.71. The molecule has 2 aliphatic carbocycles. The molecule has 0 unspecified atom stereocenters. The van der Waals surface area contributed by atoms with E-state index >= 15 is 0 Å².